The lowest BCUT2D eigenvalue weighted by atomic mass is 10.7. The van der Waals surface area contributed by atoms with Crippen molar-refractivity contribution in [3.05, 3.63) is 17.5 Å². The third-order valence-corrected chi connectivity index (χ3v) is 4.07. The van der Waals surface area contributed by atoms with Gasteiger partial charge < -0.3 is 4.74 Å². The quantitative estimate of drug-likeness (QED) is 0.711. The van der Waals surface area contributed by atoms with E-state index in [0.717, 1.165) is 11.3 Å². The Labute approximate surface area is 80.1 Å². The summed E-state index contributed by atoms with van der Waals surface area (Å²) >= 11 is 0.995. The van der Waals surface area contributed by atoms with Crippen LogP contribution in [0, 0.1) is 0 Å². The summed E-state index contributed by atoms with van der Waals surface area (Å²) in [4.78, 5) is 11.0. The zero-order valence-electron chi connectivity index (χ0n) is 6.89. The molecule has 0 saturated heterocycles. The molecule has 0 saturated carbocycles. The van der Waals surface area contributed by atoms with Gasteiger partial charge in [-0.05, 0) is 18.4 Å². The number of hydrogen-bond donors (Lipinski definition) is 0. The molecule has 4 nitrogen and oxygen atoms in total. The van der Waals surface area contributed by atoms with Gasteiger partial charge in [0.25, 0.3) is 9.84 Å². The molecular weight excluding hydrogens is 212 g/mol. The third kappa shape index (κ3) is 2.07. The first-order chi connectivity index (χ1) is 6.09. The van der Waals surface area contributed by atoms with E-state index >= 15 is 0 Å². The van der Waals surface area contributed by atoms with Gasteiger partial charge in [0.2, 0.25) is 0 Å². The average Bonchev–Trinajstić information content (AvgIpc) is 2.56. The molecule has 0 aliphatic rings. The Bertz CT molecular complexity index is 377. The Hall–Kier alpha value is -0.880. The van der Waals surface area contributed by atoms with Crippen molar-refractivity contribution in [3.8, 4) is 0 Å². The highest BCUT2D eigenvalue weighted by Gasteiger charge is 2.26. The zero-order valence-corrected chi connectivity index (χ0v) is 8.52. The Morgan fingerprint density at radius 1 is 1.62 bits per heavy atom. The number of thiophene rings is 1. The van der Waals surface area contributed by atoms with E-state index in [1.54, 1.807) is 18.4 Å². The Balaban J connectivity index is 2.97. The normalized spacial score (nSPS) is 11.2. The molecule has 0 fully saturated rings. The summed E-state index contributed by atoms with van der Waals surface area (Å²) in [5.41, 5.74) is 0. The van der Waals surface area contributed by atoms with Crippen LogP contribution in [0.25, 0.3) is 0 Å². The first-order valence-electron chi connectivity index (χ1n) is 3.54. The molecule has 1 heterocycles. The van der Waals surface area contributed by atoms with Gasteiger partial charge in [0.15, 0.2) is 0 Å². The predicted octanol–water partition coefficient (Wildman–Crippen LogP) is 1.68. The van der Waals surface area contributed by atoms with Crippen molar-refractivity contribution < 1.29 is 17.9 Å². The maximum Gasteiger partial charge on any atom is 0.430 e. The summed E-state index contributed by atoms with van der Waals surface area (Å²) in [5, 5.41) is 0.406. The van der Waals surface area contributed by atoms with Crippen LogP contribution in [0.15, 0.2) is 21.7 Å². The summed E-state index contributed by atoms with van der Waals surface area (Å²) in [7, 11) is -3.90. The second-order valence-electron chi connectivity index (χ2n) is 2.12. The van der Waals surface area contributed by atoms with Crippen molar-refractivity contribution in [1.29, 1.82) is 0 Å². The molecule has 1 rings (SSSR count). The standard InChI is InChI=1S/C7H8O4S2/c1-2-11-7(8)13(9,10)6-4-3-5-12-6/h3-5H,2H2,1H3. The lowest BCUT2D eigenvalue weighted by molar-refractivity contribution is 0.178. The van der Waals surface area contributed by atoms with Crippen molar-refractivity contribution in [3.63, 3.8) is 0 Å². The summed E-state index contributed by atoms with van der Waals surface area (Å²) < 4.78 is 27.1. The summed E-state index contributed by atoms with van der Waals surface area (Å²) in [6, 6.07) is 2.94. The second kappa shape index (κ2) is 3.89. The minimum Gasteiger partial charge on any atom is -0.454 e. The maximum atomic E-state index is 11.3. The number of rotatable bonds is 2. The van der Waals surface area contributed by atoms with E-state index in [4.69, 9.17) is 0 Å². The largest absolute Gasteiger partial charge is 0.454 e. The lowest BCUT2D eigenvalue weighted by Gasteiger charge is -1.99. The molecule has 0 N–H and O–H groups in total. The van der Waals surface area contributed by atoms with Crippen molar-refractivity contribution in [1.82, 2.24) is 0 Å². The number of carbonyl (C=O) groups excluding carboxylic acids is 1. The fourth-order valence-corrected chi connectivity index (χ4v) is 2.71. The van der Waals surface area contributed by atoms with Gasteiger partial charge in [-0.25, -0.2) is 13.2 Å². The number of ether oxygens (including phenoxy) is 1. The first kappa shape index (κ1) is 10.2. The molecule has 0 aliphatic heterocycles. The highest BCUT2D eigenvalue weighted by molar-refractivity contribution is 8.07. The van der Waals surface area contributed by atoms with Crippen LogP contribution in [0.5, 0.6) is 0 Å². The van der Waals surface area contributed by atoms with Crippen LogP contribution in [0.3, 0.4) is 0 Å². The number of hydrogen-bond acceptors (Lipinski definition) is 5. The average molecular weight is 220 g/mol. The van der Waals surface area contributed by atoms with E-state index in [9.17, 15) is 13.2 Å². The van der Waals surface area contributed by atoms with Crippen LogP contribution < -0.4 is 0 Å². The van der Waals surface area contributed by atoms with Gasteiger partial charge in [-0.2, -0.15) is 0 Å². The molecule has 0 aromatic carbocycles. The van der Waals surface area contributed by atoms with Gasteiger partial charge in [-0.15, -0.1) is 11.3 Å². The molecule has 6 heteroatoms. The minimum atomic E-state index is -3.90. The van der Waals surface area contributed by atoms with Crippen molar-refractivity contribution >= 4 is 26.5 Å². The number of carbonyl (C=O) groups is 1. The SMILES string of the molecule is CCOC(=O)S(=O)(=O)c1cccs1. The van der Waals surface area contributed by atoms with Crippen LogP contribution in [-0.2, 0) is 14.6 Å². The van der Waals surface area contributed by atoms with E-state index in [0.29, 0.717) is 0 Å². The van der Waals surface area contributed by atoms with Crippen LogP contribution in [0.2, 0.25) is 0 Å². The summed E-state index contributed by atoms with van der Waals surface area (Å²) in [6.45, 7) is 1.62. The molecule has 0 unspecified atom stereocenters. The summed E-state index contributed by atoms with van der Waals surface area (Å²) in [6.07, 6.45) is 0. The van der Waals surface area contributed by atoms with Gasteiger partial charge in [0.1, 0.15) is 4.21 Å². The molecule has 0 spiro atoms. The first-order valence-corrected chi connectivity index (χ1v) is 5.90. The molecule has 0 amide bonds. The maximum absolute atomic E-state index is 11.3. The Morgan fingerprint density at radius 3 is 2.77 bits per heavy atom. The fraction of sp³-hybridized carbons (Fsp3) is 0.286. The molecule has 1 aromatic rings. The molecular formula is C7H8O4S2. The minimum absolute atomic E-state index is 0.0194. The topological polar surface area (TPSA) is 60.4 Å². The van der Waals surface area contributed by atoms with Gasteiger partial charge in [-0.3, -0.25) is 0 Å². The Morgan fingerprint density at radius 2 is 2.31 bits per heavy atom. The van der Waals surface area contributed by atoms with Crippen molar-refractivity contribution in [2.24, 2.45) is 0 Å². The molecule has 0 atom stereocenters. The monoisotopic (exact) mass is 220 g/mol. The molecule has 13 heavy (non-hydrogen) atoms. The molecule has 0 radical (unpaired) electrons. The fourth-order valence-electron chi connectivity index (χ4n) is 0.694. The van der Waals surface area contributed by atoms with Crippen molar-refractivity contribution in [2.45, 2.75) is 11.1 Å². The summed E-state index contributed by atoms with van der Waals surface area (Å²) in [5.74, 6) is 0. The van der Waals surface area contributed by atoms with Crippen LogP contribution >= 0.6 is 11.3 Å². The molecule has 0 bridgehead atoms. The van der Waals surface area contributed by atoms with E-state index in [1.165, 1.54) is 6.07 Å². The smallest absolute Gasteiger partial charge is 0.430 e. The van der Waals surface area contributed by atoms with E-state index in [2.05, 4.69) is 4.74 Å². The van der Waals surface area contributed by atoms with Gasteiger partial charge in [0.05, 0.1) is 6.61 Å². The highest BCUT2D eigenvalue weighted by atomic mass is 32.2. The van der Waals surface area contributed by atoms with E-state index in [1.807, 2.05) is 0 Å². The van der Waals surface area contributed by atoms with Crippen LogP contribution in [0.1, 0.15) is 6.92 Å². The highest BCUT2D eigenvalue weighted by Crippen LogP contribution is 2.18. The molecule has 72 valence electrons. The van der Waals surface area contributed by atoms with Crippen LogP contribution in [0.4, 0.5) is 4.79 Å². The molecule has 0 aliphatic carbocycles. The number of sulfone groups is 1. The van der Waals surface area contributed by atoms with Gasteiger partial charge >= 0.3 is 5.30 Å². The van der Waals surface area contributed by atoms with E-state index in [-0.39, 0.29) is 10.8 Å². The van der Waals surface area contributed by atoms with Gasteiger partial charge in [0, 0.05) is 0 Å². The zero-order chi connectivity index (χ0) is 9.90. The third-order valence-electron chi connectivity index (χ3n) is 1.24. The lowest BCUT2D eigenvalue weighted by Crippen LogP contribution is -2.15. The molecule has 1 aromatic heterocycles. The van der Waals surface area contributed by atoms with Gasteiger partial charge in [-0.1, -0.05) is 6.07 Å². The predicted molar refractivity (Wildman–Crippen MR) is 48.5 cm³/mol. The second-order valence-corrected chi connectivity index (χ2v) is 5.10. The Kier molecular flexibility index (Phi) is 3.05. The van der Waals surface area contributed by atoms with E-state index < -0.39 is 15.1 Å². The van der Waals surface area contributed by atoms with Crippen LogP contribution in [-0.4, -0.2) is 20.3 Å². The van der Waals surface area contributed by atoms with Crippen molar-refractivity contribution in [2.75, 3.05) is 6.61 Å².